The zero-order valence-electron chi connectivity index (χ0n) is 19.9. The summed E-state index contributed by atoms with van der Waals surface area (Å²) in [7, 11) is -7.72. The van der Waals surface area contributed by atoms with E-state index in [0.29, 0.717) is 34.3 Å². The molecule has 7 rings (SSSR count). The zero-order chi connectivity index (χ0) is 25.4. The van der Waals surface area contributed by atoms with Crippen LogP contribution in [0.5, 0.6) is 23.0 Å². The molecule has 0 aliphatic carbocycles. The summed E-state index contributed by atoms with van der Waals surface area (Å²) in [5, 5.41) is -1.92. The Morgan fingerprint density at radius 3 is 1.62 bits per heavy atom. The molecule has 3 aromatic carbocycles. The van der Waals surface area contributed by atoms with E-state index in [9.17, 15) is 4.57 Å². The van der Waals surface area contributed by atoms with E-state index in [-0.39, 0.29) is 0 Å². The summed E-state index contributed by atoms with van der Waals surface area (Å²) in [4.78, 5) is 0. The molecule has 9 nitrogen and oxygen atoms in total. The van der Waals surface area contributed by atoms with Crippen molar-refractivity contribution in [3.05, 3.63) is 115 Å². The number of hydrogen-bond acceptors (Lipinski definition) is 8. The van der Waals surface area contributed by atoms with Crippen molar-refractivity contribution < 1.29 is 40.6 Å². The van der Waals surface area contributed by atoms with E-state index < -0.39 is 20.2 Å². The summed E-state index contributed by atoms with van der Waals surface area (Å²) in [6.07, 6.45) is 1.67. The summed E-state index contributed by atoms with van der Waals surface area (Å²) < 4.78 is 61.6. The molecular formula is C26H23NO8P2. The second-order valence-corrected chi connectivity index (χ2v) is 14.8. The van der Waals surface area contributed by atoms with Crippen molar-refractivity contribution in [3.8, 4) is 23.0 Å². The molecule has 0 fully saturated rings. The molecule has 1 unspecified atom stereocenters. The first-order valence-corrected chi connectivity index (χ1v) is 15.3. The molecule has 4 aromatic rings. The van der Waals surface area contributed by atoms with Gasteiger partial charge in [-0.1, -0.05) is 0 Å². The third-order valence-electron chi connectivity index (χ3n) is 6.83. The van der Waals surface area contributed by atoms with Crippen molar-refractivity contribution in [2.24, 2.45) is 0 Å². The first-order valence-electron chi connectivity index (χ1n) is 11.6. The average molecular weight is 539 g/mol. The molecule has 0 amide bonds. The number of fused-ring (bicyclic) bond motifs is 3. The van der Waals surface area contributed by atoms with Gasteiger partial charge in [0, 0.05) is 0 Å². The van der Waals surface area contributed by atoms with E-state index >= 15 is 0 Å². The fraction of sp³-hybridized carbons (Fsp3) is 0.115. The number of aromatic nitrogens is 1. The van der Waals surface area contributed by atoms with E-state index in [1.807, 2.05) is 6.07 Å². The first-order chi connectivity index (χ1) is 17.9. The van der Waals surface area contributed by atoms with Crippen molar-refractivity contribution in [3.63, 3.8) is 0 Å². The van der Waals surface area contributed by atoms with Gasteiger partial charge in [0.25, 0.3) is 0 Å². The van der Waals surface area contributed by atoms with Gasteiger partial charge in [-0.3, -0.25) is 0 Å². The van der Waals surface area contributed by atoms with Crippen LogP contribution in [0.15, 0.2) is 103 Å². The molecule has 11 heteroatoms. The number of para-hydroxylation sites is 4. The monoisotopic (exact) mass is 539 g/mol. The fourth-order valence-electron chi connectivity index (χ4n) is 5.35. The molecule has 4 heterocycles. The quantitative estimate of drug-likeness (QED) is 0.290. The van der Waals surface area contributed by atoms with Gasteiger partial charge in [-0.05, 0) is 0 Å². The standard InChI is InChI=1S/C26H23NO8P2/c1-29-36(28,30-2)26(20-12-4-3-5-13-20)25-18-10-11-19-27(25)37(35-26,31-21-14-6-7-15-22(21)32-37)33-23-16-8-9-17-24(23)34-37/h3-19H,1-2H3. The van der Waals surface area contributed by atoms with E-state index in [1.54, 1.807) is 102 Å². The average Bonchev–Trinajstić information content (AvgIpc) is 3.50. The number of nitrogens with zero attached hydrogens (tertiary/aromatic N) is 1. The normalized spacial score (nSPS) is 24.6. The third kappa shape index (κ3) is 2.49. The second-order valence-electron chi connectivity index (χ2n) is 8.81. The molecule has 190 valence electrons. The topological polar surface area (TPSA) is 85.6 Å². The predicted octanol–water partition coefficient (Wildman–Crippen LogP) is 6.06. The molecule has 0 saturated carbocycles. The van der Waals surface area contributed by atoms with Gasteiger partial charge in [0.05, 0.1) is 0 Å². The van der Waals surface area contributed by atoms with Crippen LogP contribution >= 0.6 is 14.8 Å². The summed E-state index contributed by atoms with van der Waals surface area (Å²) in [5.41, 5.74) is 0.801. The van der Waals surface area contributed by atoms with Gasteiger partial charge in [-0.15, -0.1) is 0 Å². The molecule has 0 saturated heterocycles. The number of rotatable bonds is 4. The van der Waals surface area contributed by atoms with Crippen LogP contribution in [0.3, 0.4) is 0 Å². The Bertz CT molecular complexity index is 1520. The molecule has 1 spiro atoms. The van der Waals surface area contributed by atoms with Crippen LogP contribution in [0.2, 0.25) is 0 Å². The number of benzene rings is 3. The molecule has 3 aliphatic heterocycles. The van der Waals surface area contributed by atoms with Crippen molar-refractivity contribution in [1.29, 1.82) is 0 Å². The van der Waals surface area contributed by atoms with Gasteiger partial charge >= 0.3 is 212 Å². The summed E-state index contributed by atoms with van der Waals surface area (Å²) in [6.45, 7) is 0. The summed E-state index contributed by atoms with van der Waals surface area (Å²) >= 11 is 0. The summed E-state index contributed by atoms with van der Waals surface area (Å²) in [5.74, 6) is 1.34. The van der Waals surface area contributed by atoms with Gasteiger partial charge in [0.15, 0.2) is 0 Å². The molecule has 1 aromatic heterocycles. The Kier molecular flexibility index (Phi) is 4.23. The van der Waals surface area contributed by atoms with E-state index in [2.05, 4.69) is 0 Å². The fourth-order valence-corrected chi connectivity index (χ4v) is 12.7. The first kappa shape index (κ1) is 22.7. The SMILES string of the molecule is COP(=O)(OC)C1(c2ccccc2)O[P-]23(Oc4ccccc4O2)(Oc2ccccc2O3)[n+]2ccccc21. The molecule has 37 heavy (non-hydrogen) atoms. The minimum atomic E-state index is -6.14. The van der Waals surface area contributed by atoms with Crippen LogP contribution in [0.25, 0.3) is 0 Å². The molecule has 0 bridgehead atoms. The van der Waals surface area contributed by atoms with Crippen molar-refractivity contribution in [2.75, 3.05) is 14.2 Å². The van der Waals surface area contributed by atoms with Crippen molar-refractivity contribution in [2.45, 2.75) is 5.34 Å². The van der Waals surface area contributed by atoms with E-state index in [1.165, 1.54) is 14.2 Å². The molecule has 1 atom stereocenters. The van der Waals surface area contributed by atoms with Gasteiger partial charge in [-0.25, -0.2) is 0 Å². The van der Waals surface area contributed by atoms with Gasteiger partial charge < -0.3 is 0 Å². The van der Waals surface area contributed by atoms with Gasteiger partial charge in [0.1, 0.15) is 0 Å². The van der Waals surface area contributed by atoms with Crippen molar-refractivity contribution >= 4 is 14.8 Å². The Labute approximate surface area is 212 Å². The second kappa shape index (κ2) is 6.90. The van der Waals surface area contributed by atoms with Crippen LogP contribution in [0.1, 0.15) is 11.3 Å². The molecule has 0 radical (unpaired) electrons. The predicted molar refractivity (Wildman–Crippen MR) is 134 cm³/mol. The molecular weight excluding hydrogens is 516 g/mol. The van der Waals surface area contributed by atoms with Gasteiger partial charge in [-0.2, -0.15) is 0 Å². The third-order valence-corrected chi connectivity index (χ3v) is 13.5. The van der Waals surface area contributed by atoms with Crippen LogP contribution in [-0.4, -0.2) is 14.2 Å². The maximum absolute atomic E-state index is 14.7. The molecule has 3 aliphatic rings. The van der Waals surface area contributed by atoms with Crippen LogP contribution in [0.4, 0.5) is 0 Å². The zero-order valence-corrected chi connectivity index (χ0v) is 21.7. The van der Waals surface area contributed by atoms with Crippen LogP contribution in [0, 0.1) is 0 Å². The minimum absolute atomic E-state index is 0.335. The van der Waals surface area contributed by atoms with E-state index in [4.69, 9.17) is 31.7 Å². The Balaban J connectivity index is 1.65. The molecule has 0 N–H and O–H groups in total. The van der Waals surface area contributed by atoms with Crippen molar-refractivity contribution in [1.82, 2.24) is 0 Å². The number of hydrogen-bond donors (Lipinski definition) is 0. The van der Waals surface area contributed by atoms with Crippen LogP contribution in [-0.2, 0) is 23.5 Å². The Morgan fingerprint density at radius 1 is 0.676 bits per heavy atom. The van der Waals surface area contributed by atoms with E-state index in [0.717, 1.165) is 0 Å². The Morgan fingerprint density at radius 2 is 1.14 bits per heavy atom. The summed E-state index contributed by atoms with van der Waals surface area (Å²) in [6, 6.07) is 28.4. The Hall–Kier alpha value is -3.45. The van der Waals surface area contributed by atoms with Crippen LogP contribution < -0.4 is 22.4 Å². The van der Waals surface area contributed by atoms with Gasteiger partial charge in [0.2, 0.25) is 0 Å². The number of pyridine rings is 1. The maximum atomic E-state index is 14.7.